The fourth-order valence-corrected chi connectivity index (χ4v) is 4.57. The van der Waals surface area contributed by atoms with Gasteiger partial charge >= 0.3 is 5.97 Å². The molecule has 0 aromatic heterocycles. The number of carbonyl (C=O) groups excluding carboxylic acids is 1. The van der Waals surface area contributed by atoms with E-state index in [1.165, 1.54) is 63.4 Å². The Bertz CT molecular complexity index is 771. The second-order valence-electron chi connectivity index (χ2n) is 8.90. The summed E-state index contributed by atoms with van der Waals surface area (Å²) >= 11 is 0. The van der Waals surface area contributed by atoms with E-state index in [4.69, 9.17) is 9.47 Å². The van der Waals surface area contributed by atoms with E-state index in [-0.39, 0.29) is 5.97 Å². The molecule has 3 nitrogen and oxygen atoms in total. The van der Waals surface area contributed by atoms with Crippen LogP contribution in [0.1, 0.15) is 99.9 Å². The maximum Gasteiger partial charge on any atom is 0.343 e. The molecule has 1 fully saturated rings. The second-order valence-corrected chi connectivity index (χ2v) is 8.90. The number of carbonyl (C=O) groups is 1. The van der Waals surface area contributed by atoms with Crippen LogP contribution in [0.4, 0.5) is 0 Å². The first-order valence-corrected chi connectivity index (χ1v) is 12.2. The first kappa shape index (κ1) is 23.4. The number of unbranched alkanes of at least 4 members (excludes halogenated alkanes) is 3. The van der Waals surface area contributed by atoms with Crippen LogP contribution in [-0.2, 0) is 0 Å². The van der Waals surface area contributed by atoms with Crippen molar-refractivity contribution in [3.63, 3.8) is 0 Å². The minimum atomic E-state index is -0.313. The van der Waals surface area contributed by atoms with Crippen LogP contribution in [0.5, 0.6) is 11.5 Å². The predicted octanol–water partition coefficient (Wildman–Crippen LogP) is 7.94. The number of hydrogen-bond acceptors (Lipinski definition) is 3. The standard InChI is InChI=1S/C28H38O3/c1-3-5-6-7-21-30-26-17-19-27(20-18-26)31-28(29)25-15-13-24(14-16-25)23-11-9-22(8-4-2)10-12-23/h13-20,22-23H,3-12,21H2,1-2H3. The third-order valence-corrected chi connectivity index (χ3v) is 6.46. The van der Waals surface area contributed by atoms with Crippen molar-refractivity contribution in [1.82, 2.24) is 0 Å². The Hall–Kier alpha value is -2.29. The van der Waals surface area contributed by atoms with E-state index in [0.29, 0.717) is 17.2 Å². The van der Waals surface area contributed by atoms with E-state index in [2.05, 4.69) is 26.0 Å². The van der Waals surface area contributed by atoms with Gasteiger partial charge in [0.1, 0.15) is 11.5 Å². The molecule has 0 aliphatic heterocycles. The molecule has 2 aromatic rings. The summed E-state index contributed by atoms with van der Waals surface area (Å²) in [7, 11) is 0. The van der Waals surface area contributed by atoms with Crippen LogP contribution in [0.25, 0.3) is 0 Å². The summed E-state index contributed by atoms with van der Waals surface area (Å²) in [6, 6.07) is 15.3. The molecule has 0 atom stereocenters. The monoisotopic (exact) mass is 422 g/mol. The van der Waals surface area contributed by atoms with Crippen molar-refractivity contribution < 1.29 is 14.3 Å². The number of esters is 1. The molecule has 0 unspecified atom stereocenters. The number of rotatable bonds is 11. The van der Waals surface area contributed by atoms with Gasteiger partial charge in [0.05, 0.1) is 12.2 Å². The van der Waals surface area contributed by atoms with E-state index in [1.54, 1.807) is 12.1 Å². The highest BCUT2D eigenvalue weighted by Gasteiger charge is 2.22. The van der Waals surface area contributed by atoms with Crippen LogP contribution in [0.3, 0.4) is 0 Å². The van der Waals surface area contributed by atoms with Crippen molar-refractivity contribution in [2.45, 2.75) is 84.0 Å². The highest BCUT2D eigenvalue weighted by atomic mass is 16.5. The zero-order valence-corrected chi connectivity index (χ0v) is 19.3. The largest absolute Gasteiger partial charge is 0.494 e. The Morgan fingerprint density at radius 1 is 0.806 bits per heavy atom. The van der Waals surface area contributed by atoms with Crippen molar-refractivity contribution in [2.24, 2.45) is 5.92 Å². The van der Waals surface area contributed by atoms with Crippen molar-refractivity contribution in [3.05, 3.63) is 59.7 Å². The molecule has 3 rings (SSSR count). The van der Waals surface area contributed by atoms with Crippen molar-refractivity contribution >= 4 is 5.97 Å². The molecule has 3 heteroatoms. The summed E-state index contributed by atoms with van der Waals surface area (Å²) in [4.78, 5) is 12.5. The number of hydrogen-bond donors (Lipinski definition) is 0. The van der Waals surface area contributed by atoms with E-state index in [9.17, 15) is 4.79 Å². The molecule has 31 heavy (non-hydrogen) atoms. The van der Waals surface area contributed by atoms with Gasteiger partial charge < -0.3 is 9.47 Å². The van der Waals surface area contributed by atoms with Crippen molar-refractivity contribution in [3.8, 4) is 11.5 Å². The molecule has 1 saturated carbocycles. The average Bonchev–Trinajstić information content (AvgIpc) is 2.81. The van der Waals surface area contributed by atoms with Gasteiger partial charge in [-0.3, -0.25) is 0 Å². The first-order valence-electron chi connectivity index (χ1n) is 12.2. The maximum atomic E-state index is 12.5. The lowest BCUT2D eigenvalue weighted by molar-refractivity contribution is 0.0734. The molecule has 0 N–H and O–H groups in total. The van der Waals surface area contributed by atoms with Gasteiger partial charge in [0.25, 0.3) is 0 Å². The minimum Gasteiger partial charge on any atom is -0.494 e. The topological polar surface area (TPSA) is 35.5 Å². The highest BCUT2D eigenvalue weighted by molar-refractivity contribution is 5.91. The molecule has 0 bridgehead atoms. The van der Waals surface area contributed by atoms with Crippen LogP contribution >= 0.6 is 0 Å². The maximum absolute atomic E-state index is 12.5. The van der Waals surface area contributed by atoms with Gasteiger partial charge in [0.2, 0.25) is 0 Å². The Kier molecular flexibility index (Phi) is 9.45. The molecule has 0 saturated heterocycles. The lowest BCUT2D eigenvalue weighted by atomic mass is 9.77. The average molecular weight is 423 g/mol. The van der Waals surface area contributed by atoms with Gasteiger partial charge in [-0.1, -0.05) is 58.1 Å². The molecule has 0 spiro atoms. The number of ether oxygens (including phenoxy) is 2. The smallest absolute Gasteiger partial charge is 0.343 e. The molecule has 0 heterocycles. The molecule has 0 amide bonds. The molecule has 168 valence electrons. The summed E-state index contributed by atoms with van der Waals surface area (Å²) in [5, 5.41) is 0. The minimum absolute atomic E-state index is 0.313. The highest BCUT2D eigenvalue weighted by Crippen LogP contribution is 2.37. The van der Waals surface area contributed by atoms with Gasteiger partial charge in [-0.25, -0.2) is 4.79 Å². The molecule has 0 radical (unpaired) electrons. The molecule has 2 aromatic carbocycles. The zero-order chi connectivity index (χ0) is 21.9. The lowest BCUT2D eigenvalue weighted by Gasteiger charge is -2.28. The van der Waals surface area contributed by atoms with Gasteiger partial charge in [-0.15, -0.1) is 0 Å². The van der Waals surface area contributed by atoms with Gasteiger partial charge in [-0.05, 0) is 85.9 Å². The summed E-state index contributed by atoms with van der Waals surface area (Å²) in [5.41, 5.74) is 1.95. The number of benzene rings is 2. The lowest BCUT2D eigenvalue weighted by Crippen LogP contribution is -2.13. The summed E-state index contributed by atoms with van der Waals surface area (Å²) in [6.45, 7) is 5.21. The Labute approximate surface area is 188 Å². The van der Waals surface area contributed by atoms with E-state index in [1.807, 2.05) is 24.3 Å². The molecular weight excluding hydrogens is 384 g/mol. The normalized spacial score (nSPS) is 18.5. The van der Waals surface area contributed by atoms with Gasteiger partial charge in [0, 0.05) is 0 Å². The molecular formula is C28H38O3. The van der Waals surface area contributed by atoms with E-state index >= 15 is 0 Å². The third-order valence-electron chi connectivity index (χ3n) is 6.46. The summed E-state index contributed by atoms with van der Waals surface area (Å²) in [5.74, 6) is 2.59. The van der Waals surface area contributed by atoms with Gasteiger partial charge in [0.15, 0.2) is 0 Å². The van der Waals surface area contributed by atoms with Crippen LogP contribution in [0, 0.1) is 5.92 Å². The molecule has 1 aliphatic rings. The van der Waals surface area contributed by atoms with Crippen LogP contribution in [0.2, 0.25) is 0 Å². The molecule has 1 aliphatic carbocycles. The Morgan fingerprint density at radius 3 is 2.13 bits per heavy atom. The van der Waals surface area contributed by atoms with Crippen LogP contribution in [-0.4, -0.2) is 12.6 Å². The quantitative estimate of drug-likeness (QED) is 0.209. The first-order chi connectivity index (χ1) is 15.2. The Balaban J connectivity index is 1.46. The summed E-state index contributed by atoms with van der Waals surface area (Å²) < 4.78 is 11.3. The van der Waals surface area contributed by atoms with Crippen molar-refractivity contribution in [1.29, 1.82) is 0 Å². The SMILES string of the molecule is CCCCCCOc1ccc(OC(=O)c2ccc(C3CCC(CCC)CC3)cc2)cc1. The van der Waals surface area contributed by atoms with Gasteiger partial charge in [-0.2, -0.15) is 0 Å². The fourth-order valence-electron chi connectivity index (χ4n) is 4.57. The van der Waals surface area contributed by atoms with Crippen molar-refractivity contribution in [2.75, 3.05) is 6.61 Å². The van der Waals surface area contributed by atoms with Crippen LogP contribution in [0.15, 0.2) is 48.5 Å². The summed E-state index contributed by atoms with van der Waals surface area (Å²) in [6.07, 6.45) is 12.6. The second kappa shape index (κ2) is 12.5. The van der Waals surface area contributed by atoms with Crippen LogP contribution < -0.4 is 9.47 Å². The predicted molar refractivity (Wildman–Crippen MR) is 127 cm³/mol. The van der Waals surface area contributed by atoms with E-state index < -0.39 is 0 Å². The zero-order valence-electron chi connectivity index (χ0n) is 19.3. The van der Waals surface area contributed by atoms with E-state index in [0.717, 1.165) is 24.7 Å². The fraction of sp³-hybridized carbons (Fsp3) is 0.536. The third kappa shape index (κ3) is 7.41. The Morgan fingerprint density at radius 2 is 1.48 bits per heavy atom.